The summed E-state index contributed by atoms with van der Waals surface area (Å²) in [5, 5.41) is 9.49. The lowest BCUT2D eigenvalue weighted by Crippen LogP contribution is -1.82. The number of H-pyrrole nitrogens is 1. The van der Waals surface area contributed by atoms with Crippen LogP contribution in [0.3, 0.4) is 0 Å². The molecule has 0 amide bonds. The molecular weight excluding hydrogens is 196 g/mol. The predicted octanol–water partition coefficient (Wildman–Crippen LogP) is 3.21. The van der Waals surface area contributed by atoms with Gasteiger partial charge < -0.3 is 4.98 Å². The molecule has 2 nitrogen and oxygen atoms in total. The van der Waals surface area contributed by atoms with E-state index in [0.717, 1.165) is 11.3 Å². The maximum Gasteiger partial charge on any atom is 0.101 e. The Morgan fingerprint density at radius 3 is 2.71 bits per heavy atom. The van der Waals surface area contributed by atoms with Crippen molar-refractivity contribution in [2.45, 2.75) is 0 Å². The molecule has 0 atom stereocenters. The minimum absolute atomic E-state index is 0.609. The van der Waals surface area contributed by atoms with E-state index in [4.69, 9.17) is 16.9 Å². The highest BCUT2D eigenvalue weighted by molar-refractivity contribution is 6.33. The zero-order valence-electron chi connectivity index (χ0n) is 7.29. The summed E-state index contributed by atoms with van der Waals surface area (Å²) in [7, 11) is 0. The lowest BCUT2D eigenvalue weighted by Gasteiger charge is -2.01. The maximum absolute atomic E-state index is 8.85. The van der Waals surface area contributed by atoms with Gasteiger partial charge in [0.2, 0.25) is 0 Å². The number of rotatable bonds is 1. The third kappa shape index (κ3) is 1.39. The second-order valence-corrected chi connectivity index (χ2v) is 3.27. The summed E-state index contributed by atoms with van der Waals surface area (Å²) in [6.45, 7) is 0. The van der Waals surface area contributed by atoms with E-state index in [1.165, 1.54) is 0 Å². The number of nitrogens with zero attached hydrogens (tertiary/aromatic N) is 1. The Balaban J connectivity index is 2.62. The molecule has 0 saturated carbocycles. The molecule has 2 aromatic rings. The van der Waals surface area contributed by atoms with E-state index in [0.29, 0.717) is 10.6 Å². The van der Waals surface area contributed by atoms with Gasteiger partial charge in [0.25, 0.3) is 0 Å². The summed E-state index contributed by atoms with van der Waals surface area (Å²) in [4.78, 5) is 3.01. The first-order valence-corrected chi connectivity index (χ1v) is 4.53. The molecule has 0 bridgehead atoms. The summed E-state index contributed by atoms with van der Waals surface area (Å²) >= 11 is 6.02. The Morgan fingerprint density at radius 1 is 1.21 bits per heavy atom. The van der Waals surface area contributed by atoms with Crippen molar-refractivity contribution >= 4 is 11.6 Å². The smallest absolute Gasteiger partial charge is 0.101 e. The predicted molar refractivity (Wildman–Crippen MR) is 56.0 cm³/mol. The van der Waals surface area contributed by atoms with Crippen LogP contribution in [0, 0.1) is 11.3 Å². The highest BCUT2D eigenvalue weighted by Gasteiger charge is 2.08. The van der Waals surface area contributed by atoms with Gasteiger partial charge in [0.05, 0.1) is 11.3 Å². The SMILES string of the molecule is N#Cc1cc[nH]c1-c1ccccc1Cl. The number of nitriles is 1. The number of hydrogen-bond acceptors (Lipinski definition) is 1. The Labute approximate surface area is 86.8 Å². The molecule has 1 aromatic heterocycles. The molecule has 1 aromatic carbocycles. The van der Waals surface area contributed by atoms with Crippen LogP contribution in [-0.2, 0) is 0 Å². The number of halogens is 1. The van der Waals surface area contributed by atoms with E-state index in [9.17, 15) is 0 Å². The van der Waals surface area contributed by atoms with Crippen LogP contribution in [-0.4, -0.2) is 4.98 Å². The van der Waals surface area contributed by atoms with Crippen molar-refractivity contribution in [1.82, 2.24) is 4.98 Å². The Hall–Kier alpha value is -1.72. The van der Waals surface area contributed by atoms with Crippen LogP contribution in [0.2, 0.25) is 5.02 Å². The first-order valence-electron chi connectivity index (χ1n) is 4.15. The van der Waals surface area contributed by atoms with Crippen molar-refractivity contribution in [2.75, 3.05) is 0 Å². The van der Waals surface area contributed by atoms with Crippen LogP contribution in [0.5, 0.6) is 0 Å². The lowest BCUT2D eigenvalue weighted by atomic mass is 10.1. The molecule has 14 heavy (non-hydrogen) atoms. The van der Waals surface area contributed by atoms with Crippen molar-refractivity contribution in [3.63, 3.8) is 0 Å². The zero-order valence-corrected chi connectivity index (χ0v) is 8.05. The summed E-state index contributed by atoms with van der Waals surface area (Å²) < 4.78 is 0. The Morgan fingerprint density at radius 2 is 2.00 bits per heavy atom. The summed E-state index contributed by atoms with van der Waals surface area (Å²) in [6.07, 6.45) is 1.73. The molecule has 0 saturated heterocycles. The Kier molecular flexibility index (Phi) is 2.26. The topological polar surface area (TPSA) is 39.6 Å². The van der Waals surface area contributed by atoms with E-state index in [1.54, 1.807) is 18.3 Å². The molecule has 3 heteroatoms. The van der Waals surface area contributed by atoms with Crippen molar-refractivity contribution in [2.24, 2.45) is 0 Å². The monoisotopic (exact) mass is 202 g/mol. The van der Waals surface area contributed by atoms with Crippen molar-refractivity contribution in [1.29, 1.82) is 5.26 Å². The van der Waals surface area contributed by atoms with Gasteiger partial charge in [0.1, 0.15) is 6.07 Å². The summed E-state index contributed by atoms with van der Waals surface area (Å²) in [6, 6.07) is 11.3. The van der Waals surface area contributed by atoms with Gasteiger partial charge in [-0.3, -0.25) is 0 Å². The fraction of sp³-hybridized carbons (Fsp3) is 0. The van der Waals surface area contributed by atoms with Gasteiger partial charge in [-0.15, -0.1) is 0 Å². The fourth-order valence-corrected chi connectivity index (χ4v) is 1.58. The quantitative estimate of drug-likeness (QED) is 0.758. The Bertz CT molecular complexity index is 494. The van der Waals surface area contributed by atoms with Crippen LogP contribution >= 0.6 is 11.6 Å². The zero-order chi connectivity index (χ0) is 9.97. The third-order valence-electron chi connectivity index (χ3n) is 2.01. The van der Waals surface area contributed by atoms with E-state index in [-0.39, 0.29) is 0 Å². The molecule has 0 aliphatic heterocycles. The van der Waals surface area contributed by atoms with Crippen molar-refractivity contribution in [3.8, 4) is 17.3 Å². The molecule has 0 fully saturated rings. The molecule has 0 aliphatic rings. The number of nitrogens with one attached hydrogen (secondary N) is 1. The third-order valence-corrected chi connectivity index (χ3v) is 2.34. The molecule has 0 aliphatic carbocycles. The van der Waals surface area contributed by atoms with Gasteiger partial charge in [-0.2, -0.15) is 5.26 Å². The van der Waals surface area contributed by atoms with Crippen LogP contribution in [0.4, 0.5) is 0 Å². The van der Waals surface area contributed by atoms with Crippen molar-refractivity contribution < 1.29 is 0 Å². The summed E-state index contributed by atoms with van der Waals surface area (Å²) in [5.41, 5.74) is 2.24. The van der Waals surface area contributed by atoms with Gasteiger partial charge in [-0.25, -0.2) is 0 Å². The minimum Gasteiger partial charge on any atom is -0.360 e. The number of aromatic nitrogens is 1. The number of benzene rings is 1. The van der Waals surface area contributed by atoms with Crippen molar-refractivity contribution in [3.05, 3.63) is 47.1 Å². The minimum atomic E-state index is 0.609. The highest BCUT2D eigenvalue weighted by Crippen LogP contribution is 2.28. The maximum atomic E-state index is 8.85. The largest absolute Gasteiger partial charge is 0.360 e. The molecule has 2 rings (SSSR count). The molecule has 68 valence electrons. The van der Waals surface area contributed by atoms with Gasteiger partial charge in [0.15, 0.2) is 0 Å². The molecule has 0 radical (unpaired) electrons. The number of aromatic amines is 1. The van der Waals surface area contributed by atoms with E-state index < -0.39 is 0 Å². The average Bonchev–Trinajstić information content (AvgIpc) is 2.66. The van der Waals surface area contributed by atoms with E-state index >= 15 is 0 Å². The molecule has 1 heterocycles. The van der Waals surface area contributed by atoms with Crippen LogP contribution in [0.1, 0.15) is 5.56 Å². The highest BCUT2D eigenvalue weighted by atomic mass is 35.5. The molecule has 1 N–H and O–H groups in total. The van der Waals surface area contributed by atoms with Gasteiger partial charge in [-0.05, 0) is 12.1 Å². The second-order valence-electron chi connectivity index (χ2n) is 2.86. The molecule has 0 spiro atoms. The van der Waals surface area contributed by atoms with Gasteiger partial charge in [-0.1, -0.05) is 29.8 Å². The molecular formula is C11H7ClN2. The number of hydrogen-bond donors (Lipinski definition) is 1. The van der Waals surface area contributed by atoms with Gasteiger partial charge >= 0.3 is 0 Å². The normalized spacial score (nSPS) is 9.71. The second kappa shape index (κ2) is 3.57. The first kappa shape index (κ1) is 8.86. The van der Waals surface area contributed by atoms with Gasteiger partial charge in [0, 0.05) is 16.8 Å². The van der Waals surface area contributed by atoms with Crippen LogP contribution in [0.15, 0.2) is 36.5 Å². The summed E-state index contributed by atoms with van der Waals surface area (Å²) in [5.74, 6) is 0. The van der Waals surface area contributed by atoms with E-state index in [2.05, 4.69) is 11.1 Å². The standard InChI is InChI=1S/C11H7ClN2/c12-10-4-2-1-3-9(10)11-8(7-13)5-6-14-11/h1-6,14H. The lowest BCUT2D eigenvalue weighted by molar-refractivity contribution is 1.39. The first-order chi connectivity index (χ1) is 6.83. The molecule has 0 unspecified atom stereocenters. The van der Waals surface area contributed by atoms with Crippen LogP contribution < -0.4 is 0 Å². The van der Waals surface area contributed by atoms with Crippen LogP contribution in [0.25, 0.3) is 11.3 Å². The van der Waals surface area contributed by atoms with E-state index in [1.807, 2.05) is 18.2 Å². The fourth-order valence-electron chi connectivity index (χ4n) is 1.35. The average molecular weight is 203 g/mol.